The lowest BCUT2D eigenvalue weighted by Gasteiger charge is -2.08. The molecule has 0 bridgehead atoms. The smallest absolute Gasteiger partial charge is 0.337 e. The monoisotopic (exact) mass is 536 g/mol. The van der Waals surface area contributed by atoms with Gasteiger partial charge >= 0.3 is 11.9 Å². The minimum Gasteiger partial charge on any atom is -0.478 e. The molecule has 6 nitrogen and oxygen atoms in total. The number of carboxylic acids is 2. The minimum absolute atomic E-state index is 0.0427. The molecular formula is C30H20N2O4S2. The topological polar surface area (TPSA) is 100 Å². The summed E-state index contributed by atoms with van der Waals surface area (Å²) in [6, 6.07) is 10.9. The number of pyridine rings is 2. The van der Waals surface area contributed by atoms with E-state index in [1.54, 1.807) is 38.1 Å². The minimum atomic E-state index is -1.10. The zero-order chi connectivity index (χ0) is 27.1. The number of aromatic nitrogens is 2. The molecule has 0 aliphatic rings. The van der Waals surface area contributed by atoms with Crippen LogP contribution in [0.5, 0.6) is 0 Å². The number of carboxylic acid groups (broad SMARTS) is 2. The number of carbonyl (C=O) groups is 2. The van der Waals surface area contributed by atoms with Crippen molar-refractivity contribution in [3.8, 4) is 35.1 Å². The standard InChI is InChI=1S/C30H20N2O4S2/c1-3-5-21-11-13-23(37-21)9-7-19-15-27(31-17-25(19)29(33)34)28-16-20(26(18-32-28)30(35)36)8-10-24-14-12-22(38-24)6-4-2/h7-18H,1-2H3,(H,33,34)(H,35,36)/b9-7+,10-8+. The van der Waals surface area contributed by atoms with Gasteiger partial charge in [-0.3, -0.25) is 9.97 Å². The van der Waals surface area contributed by atoms with E-state index in [1.807, 2.05) is 36.4 Å². The molecule has 0 amide bonds. The molecular weight excluding hydrogens is 516 g/mol. The molecule has 38 heavy (non-hydrogen) atoms. The van der Waals surface area contributed by atoms with Crippen molar-refractivity contribution in [1.82, 2.24) is 9.97 Å². The molecule has 4 rings (SSSR count). The highest BCUT2D eigenvalue weighted by atomic mass is 32.1. The summed E-state index contributed by atoms with van der Waals surface area (Å²) >= 11 is 3.00. The molecule has 0 radical (unpaired) electrons. The molecule has 0 aliphatic heterocycles. The zero-order valence-corrected chi connectivity index (χ0v) is 22.0. The van der Waals surface area contributed by atoms with Crippen molar-refractivity contribution >= 4 is 58.9 Å². The third-order valence-corrected chi connectivity index (χ3v) is 7.13. The van der Waals surface area contributed by atoms with E-state index in [2.05, 4.69) is 33.6 Å². The maximum Gasteiger partial charge on any atom is 0.337 e. The fourth-order valence-corrected chi connectivity index (χ4v) is 5.10. The van der Waals surface area contributed by atoms with Crippen LogP contribution in [0, 0.1) is 23.7 Å². The van der Waals surface area contributed by atoms with Gasteiger partial charge in [0.25, 0.3) is 0 Å². The van der Waals surface area contributed by atoms with Gasteiger partial charge in [-0.1, -0.05) is 24.0 Å². The maximum absolute atomic E-state index is 11.8. The number of nitrogens with zero attached hydrogens (tertiary/aromatic N) is 2. The average molecular weight is 537 g/mol. The quantitative estimate of drug-likeness (QED) is 0.254. The van der Waals surface area contributed by atoms with Crippen LogP contribution in [0.2, 0.25) is 0 Å². The zero-order valence-electron chi connectivity index (χ0n) is 20.4. The molecule has 0 saturated heterocycles. The number of rotatable bonds is 7. The molecule has 4 aromatic rings. The van der Waals surface area contributed by atoms with Crippen LogP contribution in [-0.2, 0) is 0 Å². The Hall–Kier alpha value is -4.76. The molecule has 0 saturated carbocycles. The third kappa shape index (κ3) is 6.32. The summed E-state index contributed by atoms with van der Waals surface area (Å²) in [5.74, 6) is 9.51. The highest BCUT2D eigenvalue weighted by Gasteiger charge is 2.15. The Bertz CT molecular complexity index is 1590. The lowest BCUT2D eigenvalue weighted by atomic mass is 10.0. The Morgan fingerprint density at radius 3 is 1.50 bits per heavy atom. The molecule has 2 N–H and O–H groups in total. The molecule has 8 heteroatoms. The third-order valence-electron chi connectivity index (χ3n) is 5.20. The molecule has 4 aromatic heterocycles. The van der Waals surface area contributed by atoms with E-state index in [1.165, 1.54) is 35.1 Å². The molecule has 0 aliphatic carbocycles. The van der Waals surface area contributed by atoms with E-state index in [-0.39, 0.29) is 11.1 Å². The number of hydrogen-bond donors (Lipinski definition) is 2. The van der Waals surface area contributed by atoms with Crippen LogP contribution in [0.3, 0.4) is 0 Å². The lowest BCUT2D eigenvalue weighted by Crippen LogP contribution is -2.04. The van der Waals surface area contributed by atoms with Crippen LogP contribution in [0.4, 0.5) is 0 Å². The summed E-state index contributed by atoms with van der Waals surface area (Å²) in [6.07, 6.45) is 9.63. The normalized spacial score (nSPS) is 10.7. The van der Waals surface area contributed by atoms with Gasteiger partial charge in [0.15, 0.2) is 0 Å². The van der Waals surface area contributed by atoms with Crippen LogP contribution in [0.15, 0.2) is 48.8 Å². The van der Waals surface area contributed by atoms with Crippen molar-refractivity contribution in [3.63, 3.8) is 0 Å². The number of aromatic carboxylic acids is 2. The predicted octanol–water partition coefficient (Wildman–Crippen LogP) is 6.75. The van der Waals surface area contributed by atoms with Gasteiger partial charge in [0, 0.05) is 22.1 Å². The summed E-state index contributed by atoms with van der Waals surface area (Å²) in [4.78, 5) is 35.9. The number of hydrogen-bond acceptors (Lipinski definition) is 6. The Labute approximate surface area is 227 Å². The van der Waals surface area contributed by atoms with Crippen molar-refractivity contribution in [2.24, 2.45) is 0 Å². The van der Waals surface area contributed by atoms with Gasteiger partial charge in [-0.25, -0.2) is 9.59 Å². The Morgan fingerprint density at radius 2 is 1.13 bits per heavy atom. The van der Waals surface area contributed by atoms with Crippen molar-refractivity contribution in [2.75, 3.05) is 0 Å². The van der Waals surface area contributed by atoms with Crippen LogP contribution in [-0.4, -0.2) is 32.1 Å². The van der Waals surface area contributed by atoms with E-state index in [4.69, 9.17) is 0 Å². The van der Waals surface area contributed by atoms with Crippen molar-refractivity contribution in [1.29, 1.82) is 0 Å². The second-order valence-corrected chi connectivity index (χ2v) is 9.98. The second-order valence-electron chi connectivity index (χ2n) is 7.74. The highest BCUT2D eigenvalue weighted by Crippen LogP contribution is 2.26. The summed E-state index contributed by atoms with van der Waals surface area (Å²) in [5, 5.41) is 19.3. The SMILES string of the molecule is CC#Cc1ccc(/C=C/c2cc(-c3cc(/C=C/c4ccc(C#CC)s4)c(C(=O)O)cn3)ncc2C(=O)O)s1. The molecule has 4 heterocycles. The summed E-state index contributed by atoms with van der Waals surface area (Å²) in [7, 11) is 0. The first-order chi connectivity index (χ1) is 18.4. The van der Waals surface area contributed by atoms with Crippen LogP contribution in [0.1, 0.15) is 65.2 Å². The Kier molecular flexibility index (Phi) is 8.30. The first-order valence-electron chi connectivity index (χ1n) is 11.3. The van der Waals surface area contributed by atoms with Gasteiger partial charge in [-0.15, -0.1) is 34.5 Å². The maximum atomic E-state index is 11.8. The predicted molar refractivity (Wildman–Crippen MR) is 153 cm³/mol. The largest absolute Gasteiger partial charge is 0.478 e. The van der Waals surface area contributed by atoms with Crippen molar-refractivity contribution < 1.29 is 19.8 Å². The molecule has 0 fully saturated rings. The van der Waals surface area contributed by atoms with Gasteiger partial charge in [-0.2, -0.15) is 0 Å². The van der Waals surface area contributed by atoms with E-state index in [0.717, 1.165) is 19.5 Å². The van der Waals surface area contributed by atoms with Gasteiger partial charge in [0.1, 0.15) is 0 Å². The van der Waals surface area contributed by atoms with E-state index in [0.29, 0.717) is 22.5 Å². The molecule has 186 valence electrons. The summed E-state index contributed by atoms with van der Waals surface area (Å²) < 4.78 is 0. The van der Waals surface area contributed by atoms with Crippen LogP contribution < -0.4 is 0 Å². The fourth-order valence-electron chi connectivity index (χ4n) is 3.46. The fraction of sp³-hybridized carbons (Fsp3) is 0.0667. The summed E-state index contributed by atoms with van der Waals surface area (Å²) in [5.41, 5.74) is 1.82. The Balaban J connectivity index is 1.71. The first-order valence-corrected chi connectivity index (χ1v) is 12.9. The first kappa shape index (κ1) is 26.3. The average Bonchev–Trinajstić information content (AvgIpc) is 3.55. The second kappa shape index (κ2) is 12.0. The van der Waals surface area contributed by atoms with E-state index in [9.17, 15) is 19.8 Å². The summed E-state index contributed by atoms with van der Waals surface area (Å²) in [6.45, 7) is 3.54. The van der Waals surface area contributed by atoms with Crippen molar-refractivity contribution in [2.45, 2.75) is 13.8 Å². The lowest BCUT2D eigenvalue weighted by molar-refractivity contribution is 0.0685. The Morgan fingerprint density at radius 1 is 0.711 bits per heavy atom. The molecule has 0 unspecified atom stereocenters. The molecule has 0 atom stereocenters. The highest BCUT2D eigenvalue weighted by molar-refractivity contribution is 7.13. The van der Waals surface area contributed by atoms with Gasteiger partial charge < -0.3 is 10.2 Å². The van der Waals surface area contributed by atoms with Gasteiger partial charge in [0.2, 0.25) is 0 Å². The number of thiophene rings is 2. The van der Waals surface area contributed by atoms with Gasteiger partial charge in [-0.05, 0) is 73.5 Å². The molecule has 0 aromatic carbocycles. The van der Waals surface area contributed by atoms with Gasteiger partial charge in [0.05, 0.1) is 32.3 Å². The van der Waals surface area contributed by atoms with E-state index < -0.39 is 11.9 Å². The van der Waals surface area contributed by atoms with Crippen LogP contribution in [0.25, 0.3) is 35.7 Å². The van der Waals surface area contributed by atoms with Crippen LogP contribution >= 0.6 is 22.7 Å². The van der Waals surface area contributed by atoms with Crippen molar-refractivity contribution in [3.05, 3.63) is 90.6 Å². The van der Waals surface area contributed by atoms with E-state index >= 15 is 0 Å². The molecule has 0 spiro atoms.